The number of rotatable bonds is 9. The first-order chi connectivity index (χ1) is 21.0. The molecular weight excluding hydrogens is 564 g/mol. The van der Waals surface area contributed by atoms with Gasteiger partial charge in [0.15, 0.2) is 5.13 Å². The molecule has 1 saturated heterocycles. The molecule has 1 aromatic heterocycles. The highest BCUT2D eigenvalue weighted by Gasteiger charge is 2.48. The summed E-state index contributed by atoms with van der Waals surface area (Å²) in [4.78, 5) is 33.5. The van der Waals surface area contributed by atoms with Crippen molar-refractivity contribution in [3.63, 3.8) is 0 Å². The van der Waals surface area contributed by atoms with Gasteiger partial charge in [0.25, 0.3) is 5.78 Å². The highest BCUT2D eigenvalue weighted by atomic mass is 32.1. The first kappa shape index (κ1) is 28.0. The van der Waals surface area contributed by atoms with E-state index < -0.39 is 17.7 Å². The fourth-order valence-corrected chi connectivity index (χ4v) is 5.97. The molecule has 0 spiro atoms. The van der Waals surface area contributed by atoms with Crippen molar-refractivity contribution in [1.82, 2.24) is 4.98 Å². The van der Waals surface area contributed by atoms with Crippen molar-refractivity contribution < 1.29 is 28.9 Å². The van der Waals surface area contributed by atoms with Crippen LogP contribution in [-0.2, 0) is 9.59 Å². The van der Waals surface area contributed by atoms with E-state index in [1.807, 2.05) is 43.3 Å². The fourth-order valence-electron chi connectivity index (χ4n) is 4.95. The molecule has 1 amide bonds. The Morgan fingerprint density at radius 2 is 1.65 bits per heavy atom. The number of carbonyl (C=O) groups excluding carboxylic acids is 2. The molecule has 0 saturated carbocycles. The van der Waals surface area contributed by atoms with Crippen LogP contribution in [-0.4, -0.2) is 35.5 Å². The van der Waals surface area contributed by atoms with Crippen LogP contribution in [0.15, 0.2) is 103 Å². The Bertz CT molecular complexity index is 1850. The monoisotopic (exact) mass is 592 g/mol. The molecule has 1 aliphatic rings. The van der Waals surface area contributed by atoms with Gasteiger partial charge in [-0.25, -0.2) is 4.98 Å². The summed E-state index contributed by atoms with van der Waals surface area (Å²) in [5.74, 6) is 0.451. The number of Topliss-reactive ketones (excluding diaryl/α,β-unsaturated/α-hetero) is 1. The number of aliphatic hydroxyl groups is 1. The van der Waals surface area contributed by atoms with Crippen LogP contribution in [0.2, 0.25) is 0 Å². The molecule has 1 aliphatic heterocycles. The van der Waals surface area contributed by atoms with Gasteiger partial charge < -0.3 is 19.3 Å². The molecule has 1 fully saturated rings. The maximum Gasteiger partial charge on any atom is 0.301 e. The molecule has 0 radical (unpaired) electrons. The Hall–Kier alpha value is -5.15. The van der Waals surface area contributed by atoms with Gasteiger partial charge in [-0.2, -0.15) is 0 Å². The van der Waals surface area contributed by atoms with Crippen molar-refractivity contribution >= 4 is 44.1 Å². The number of anilines is 1. The van der Waals surface area contributed by atoms with Gasteiger partial charge in [0.1, 0.15) is 28.8 Å². The Morgan fingerprint density at radius 3 is 2.44 bits per heavy atom. The third-order valence-electron chi connectivity index (χ3n) is 6.97. The second-order valence-corrected chi connectivity index (χ2v) is 10.9. The number of aromatic nitrogens is 1. The Kier molecular flexibility index (Phi) is 7.81. The summed E-state index contributed by atoms with van der Waals surface area (Å²) in [6.07, 6.45) is 0.816. The molecule has 1 N–H and O–H groups in total. The molecular formula is C34H28N2O6S. The lowest BCUT2D eigenvalue weighted by molar-refractivity contribution is -0.132. The van der Waals surface area contributed by atoms with Crippen LogP contribution in [0.3, 0.4) is 0 Å². The lowest BCUT2D eigenvalue weighted by Gasteiger charge is -2.23. The highest BCUT2D eigenvalue weighted by Crippen LogP contribution is 2.45. The minimum absolute atomic E-state index is 0.0497. The zero-order valence-electron chi connectivity index (χ0n) is 23.5. The number of fused-ring (bicyclic) bond motifs is 1. The number of benzene rings is 4. The van der Waals surface area contributed by atoms with Crippen LogP contribution in [0, 0.1) is 0 Å². The molecule has 1 unspecified atom stereocenters. The van der Waals surface area contributed by atoms with Crippen LogP contribution >= 0.6 is 11.3 Å². The van der Waals surface area contributed by atoms with Gasteiger partial charge in [-0.05, 0) is 66.6 Å². The fraction of sp³-hybridized carbons (Fsp3) is 0.147. The van der Waals surface area contributed by atoms with E-state index in [2.05, 4.69) is 0 Å². The van der Waals surface area contributed by atoms with E-state index in [-0.39, 0.29) is 11.3 Å². The molecule has 216 valence electrons. The second kappa shape index (κ2) is 12.0. The minimum Gasteiger partial charge on any atom is -0.507 e. The molecule has 2 heterocycles. The Labute approximate surface area is 252 Å². The van der Waals surface area contributed by atoms with Crippen LogP contribution in [0.1, 0.15) is 30.5 Å². The largest absolute Gasteiger partial charge is 0.507 e. The van der Waals surface area contributed by atoms with E-state index in [1.54, 1.807) is 67.8 Å². The lowest BCUT2D eigenvalue weighted by Crippen LogP contribution is -2.29. The minimum atomic E-state index is -0.970. The quantitative estimate of drug-likeness (QED) is 0.107. The summed E-state index contributed by atoms with van der Waals surface area (Å²) in [5.41, 5.74) is 1.54. The van der Waals surface area contributed by atoms with Crippen molar-refractivity contribution in [2.75, 3.05) is 18.6 Å². The van der Waals surface area contributed by atoms with Gasteiger partial charge in [-0.15, -0.1) is 0 Å². The number of methoxy groups -OCH3 is 1. The average Bonchev–Trinajstić information content (AvgIpc) is 3.57. The van der Waals surface area contributed by atoms with Crippen molar-refractivity contribution in [3.8, 4) is 23.0 Å². The summed E-state index contributed by atoms with van der Waals surface area (Å²) < 4.78 is 18.0. The van der Waals surface area contributed by atoms with Crippen LogP contribution < -0.4 is 19.1 Å². The highest BCUT2D eigenvalue weighted by molar-refractivity contribution is 7.22. The maximum atomic E-state index is 13.7. The normalized spacial score (nSPS) is 16.0. The first-order valence-corrected chi connectivity index (χ1v) is 14.6. The predicted molar refractivity (Wildman–Crippen MR) is 166 cm³/mol. The zero-order valence-corrected chi connectivity index (χ0v) is 24.3. The summed E-state index contributed by atoms with van der Waals surface area (Å²) in [7, 11) is 1.58. The van der Waals surface area contributed by atoms with Gasteiger partial charge in [-0.1, -0.05) is 60.7 Å². The molecule has 8 nitrogen and oxygen atoms in total. The summed E-state index contributed by atoms with van der Waals surface area (Å²) in [6.45, 7) is 2.50. The number of nitrogens with zero attached hydrogens (tertiary/aromatic N) is 2. The van der Waals surface area contributed by atoms with Crippen molar-refractivity contribution in [1.29, 1.82) is 0 Å². The Balaban J connectivity index is 1.50. The predicted octanol–water partition coefficient (Wildman–Crippen LogP) is 7.51. The third-order valence-corrected chi connectivity index (χ3v) is 7.99. The van der Waals surface area contributed by atoms with Crippen molar-refractivity contribution in [3.05, 3.63) is 114 Å². The summed E-state index contributed by atoms with van der Waals surface area (Å²) in [5, 5.41) is 11.9. The van der Waals surface area contributed by atoms with Gasteiger partial charge in [0.2, 0.25) is 0 Å². The number of para-hydroxylation sites is 1. The molecule has 0 aliphatic carbocycles. The van der Waals surface area contributed by atoms with Crippen molar-refractivity contribution in [2.45, 2.75) is 19.4 Å². The van der Waals surface area contributed by atoms with Gasteiger partial charge in [-0.3, -0.25) is 14.5 Å². The molecule has 43 heavy (non-hydrogen) atoms. The summed E-state index contributed by atoms with van der Waals surface area (Å²) in [6, 6.07) is 27.8. The van der Waals surface area contributed by atoms with Crippen LogP contribution in [0.4, 0.5) is 5.13 Å². The number of amides is 1. The second-order valence-electron chi connectivity index (χ2n) is 9.86. The SMILES string of the molecule is CCCOc1cccc(C(O)=C2C(=O)C(=O)N(c3nc4ccc(OC)cc4s3)C2c2cccc(Oc3ccccc3)c2)c1. The zero-order chi connectivity index (χ0) is 29.9. The smallest absolute Gasteiger partial charge is 0.301 e. The van der Waals surface area contributed by atoms with Crippen LogP contribution in [0.5, 0.6) is 23.0 Å². The van der Waals surface area contributed by atoms with E-state index in [0.717, 1.165) is 11.1 Å². The lowest BCUT2D eigenvalue weighted by atomic mass is 9.95. The number of hydrogen-bond acceptors (Lipinski definition) is 8. The molecule has 5 aromatic rings. The standard InChI is InChI=1S/C34H28N2O6S/c1-3-17-41-25-13-8-10-22(19-25)31(37)29-30(21-9-7-14-26(18-21)42-23-11-5-4-6-12-23)36(33(39)32(29)38)34-35-27-16-15-24(40-2)20-28(27)43-34/h4-16,18-20,30,37H,3,17H2,1-2H3. The number of thiazole rings is 1. The number of aliphatic hydroxyl groups excluding tert-OH is 1. The molecule has 4 aromatic carbocycles. The maximum absolute atomic E-state index is 13.7. The topological polar surface area (TPSA) is 98.2 Å². The van der Waals surface area contributed by atoms with Gasteiger partial charge in [0.05, 0.1) is 35.5 Å². The van der Waals surface area contributed by atoms with E-state index in [4.69, 9.17) is 19.2 Å². The average molecular weight is 593 g/mol. The number of ketones is 1. The molecule has 1 atom stereocenters. The van der Waals surface area contributed by atoms with E-state index in [1.165, 1.54) is 16.2 Å². The van der Waals surface area contributed by atoms with Crippen molar-refractivity contribution in [2.24, 2.45) is 0 Å². The molecule has 6 rings (SSSR count). The number of ether oxygens (including phenoxy) is 3. The molecule has 0 bridgehead atoms. The number of carbonyl (C=O) groups is 2. The van der Waals surface area contributed by atoms with E-state index >= 15 is 0 Å². The summed E-state index contributed by atoms with van der Waals surface area (Å²) >= 11 is 1.26. The Morgan fingerprint density at radius 1 is 0.884 bits per heavy atom. The molecule has 9 heteroatoms. The van der Waals surface area contributed by atoms with E-state index in [0.29, 0.717) is 51.4 Å². The number of hydrogen-bond donors (Lipinski definition) is 1. The van der Waals surface area contributed by atoms with E-state index in [9.17, 15) is 14.7 Å². The third kappa shape index (κ3) is 5.54. The first-order valence-electron chi connectivity index (χ1n) is 13.8. The van der Waals surface area contributed by atoms with Gasteiger partial charge >= 0.3 is 5.91 Å². The van der Waals surface area contributed by atoms with Crippen LogP contribution in [0.25, 0.3) is 16.0 Å². The van der Waals surface area contributed by atoms with Gasteiger partial charge in [0, 0.05) is 5.56 Å².